The van der Waals surface area contributed by atoms with Crippen LogP contribution in [-0.4, -0.2) is 32.7 Å². The summed E-state index contributed by atoms with van der Waals surface area (Å²) < 4.78 is 38.8. The number of pyridine rings is 1. The van der Waals surface area contributed by atoms with Crippen LogP contribution in [0.4, 0.5) is 24.9 Å². The number of nitrogens with zero attached hydrogens (tertiary/aromatic N) is 3. The molecule has 23 heavy (non-hydrogen) atoms. The van der Waals surface area contributed by atoms with E-state index in [4.69, 9.17) is 5.11 Å². The standard InChI is InChI=1S/C14H16F3N5O/c1-9(8-23)20-13-21-11(14(15,16)17)5-12(22-13)19-7-10-3-2-4-18-6-10/h2-6,9,23H,7-8H2,1H3,(H2,19,20,21,22)/t9-/m1/s1. The van der Waals surface area contributed by atoms with Crippen LogP contribution in [0.3, 0.4) is 0 Å². The van der Waals surface area contributed by atoms with Crippen molar-refractivity contribution in [2.45, 2.75) is 25.7 Å². The molecular formula is C14H16F3N5O. The van der Waals surface area contributed by atoms with E-state index in [9.17, 15) is 13.2 Å². The van der Waals surface area contributed by atoms with Crippen molar-refractivity contribution in [2.75, 3.05) is 17.2 Å². The van der Waals surface area contributed by atoms with Crippen LogP contribution in [0.1, 0.15) is 18.2 Å². The van der Waals surface area contributed by atoms with Crippen LogP contribution in [0, 0.1) is 0 Å². The SMILES string of the molecule is C[C@H](CO)Nc1nc(NCc2cccnc2)cc(C(F)(F)F)n1. The highest BCUT2D eigenvalue weighted by molar-refractivity contribution is 5.44. The van der Waals surface area contributed by atoms with Gasteiger partial charge in [0.15, 0.2) is 5.69 Å². The summed E-state index contributed by atoms with van der Waals surface area (Å²) in [6.07, 6.45) is -1.38. The molecule has 0 fully saturated rings. The lowest BCUT2D eigenvalue weighted by molar-refractivity contribution is -0.141. The highest BCUT2D eigenvalue weighted by Crippen LogP contribution is 2.29. The second-order valence-corrected chi connectivity index (χ2v) is 4.90. The van der Waals surface area contributed by atoms with Gasteiger partial charge in [0, 0.05) is 31.0 Å². The minimum Gasteiger partial charge on any atom is -0.394 e. The summed E-state index contributed by atoms with van der Waals surface area (Å²) in [5.41, 5.74) is -0.258. The molecule has 0 amide bonds. The zero-order valence-corrected chi connectivity index (χ0v) is 12.3. The molecule has 124 valence electrons. The summed E-state index contributed by atoms with van der Waals surface area (Å²) in [6.45, 7) is 1.63. The number of hydrogen-bond acceptors (Lipinski definition) is 6. The van der Waals surface area contributed by atoms with E-state index in [1.807, 2.05) is 0 Å². The average Bonchev–Trinajstić information content (AvgIpc) is 2.53. The van der Waals surface area contributed by atoms with E-state index < -0.39 is 17.9 Å². The van der Waals surface area contributed by atoms with E-state index in [1.165, 1.54) is 0 Å². The molecule has 0 bridgehead atoms. The van der Waals surface area contributed by atoms with E-state index in [2.05, 4.69) is 25.6 Å². The molecule has 1 atom stereocenters. The van der Waals surface area contributed by atoms with Crippen LogP contribution >= 0.6 is 0 Å². The molecule has 3 N–H and O–H groups in total. The van der Waals surface area contributed by atoms with E-state index in [0.717, 1.165) is 11.6 Å². The van der Waals surface area contributed by atoms with Gasteiger partial charge in [-0.05, 0) is 18.6 Å². The van der Waals surface area contributed by atoms with Crippen LogP contribution in [-0.2, 0) is 12.7 Å². The fourth-order valence-corrected chi connectivity index (χ4v) is 1.71. The van der Waals surface area contributed by atoms with Crippen LogP contribution in [0.5, 0.6) is 0 Å². The molecule has 2 rings (SSSR count). The molecule has 0 radical (unpaired) electrons. The second-order valence-electron chi connectivity index (χ2n) is 4.90. The summed E-state index contributed by atoms with van der Waals surface area (Å²) in [6, 6.07) is 3.89. The minimum atomic E-state index is -4.59. The number of alkyl halides is 3. The summed E-state index contributed by atoms with van der Waals surface area (Å²) in [4.78, 5) is 11.4. The highest BCUT2D eigenvalue weighted by Gasteiger charge is 2.33. The predicted octanol–water partition coefficient (Wildman–Crippen LogP) is 2.30. The molecule has 0 aromatic carbocycles. The monoisotopic (exact) mass is 327 g/mol. The predicted molar refractivity (Wildman–Crippen MR) is 78.8 cm³/mol. The summed E-state index contributed by atoms with van der Waals surface area (Å²) in [7, 11) is 0. The zero-order chi connectivity index (χ0) is 16.9. The third-order valence-electron chi connectivity index (χ3n) is 2.86. The Bertz CT molecular complexity index is 636. The number of aromatic nitrogens is 3. The van der Waals surface area contributed by atoms with Gasteiger partial charge < -0.3 is 15.7 Å². The van der Waals surface area contributed by atoms with Gasteiger partial charge in [0.2, 0.25) is 5.95 Å². The molecule has 0 spiro atoms. The lowest BCUT2D eigenvalue weighted by Gasteiger charge is -2.15. The number of anilines is 2. The number of hydrogen-bond donors (Lipinski definition) is 3. The summed E-state index contributed by atoms with van der Waals surface area (Å²) in [5.74, 6) is -0.168. The Morgan fingerprint density at radius 1 is 1.30 bits per heavy atom. The van der Waals surface area contributed by atoms with Gasteiger partial charge in [-0.3, -0.25) is 4.98 Å². The first-order valence-corrected chi connectivity index (χ1v) is 6.85. The fraction of sp³-hybridized carbons (Fsp3) is 0.357. The maximum Gasteiger partial charge on any atom is 0.433 e. The van der Waals surface area contributed by atoms with Crippen LogP contribution in [0.2, 0.25) is 0 Å². The number of rotatable bonds is 6. The third-order valence-corrected chi connectivity index (χ3v) is 2.86. The Kier molecular flexibility index (Phi) is 5.32. The van der Waals surface area contributed by atoms with E-state index in [1.54, 1.807) is 31.5 Å². The quantitative estimate of drug-likeness (QED) is 0.755. The molecule has 0 unspecified atom stereocenters. The molecule has 6 nitrogen and oxygen atoms in total. The fourth-order valence-electron chi connectivity index (χ4n) is 1.71. The van der Waals surface area contributed by atoms with Crippen LogP contribution in [0.25, 0.3) is 0 Å². The van der Waals surface area contributed by atoms with Gasteiger partial charge >= 0.3 is 6.18 Å². The number of nitrogens with one attached hydrogen (secondary N) is 2. The van der Waals surface area contributed by atoms with Crippen molar-refractivity contribution in [3.63, 3.8) is 0 Å². The van der Waals surface area contributed by atoms with E-state index in [-0.39, 0.29) is 24.9 Å². The largest absolute Gasteiger partial charge is 0.433 e. The van der Waals surface area contributed by atoms with Gasteiger partial charge in [-0.1, -0.05) is 6.07 Å². The van der Waals surface area contributed by atoms with Gasteiger partial charge in [-0.2, -0.15) is 18.2 Å². The minimum absolute atomic E-state index is 0.0313. The van der Waals surface area contributed by atoms with Gasteiger partial charge in [0.25, 0.3) is 0 Å². The van der Waals surface area contributed by atoms with Crippen molar-refractivity contribution in [3.05, 3.63) is 41.9 Å². The maximum atomic E-state index is 12.9. The van der Waals surface area contributed by atoms with Crippen LogP contribution in [0.15, 0.2) is 30.6 Å². The second kappa shape index (κ2) is 7.23. The van der Waals surface area contributed by atoms with Gasteiger partial charge in [-0.25, -0.2) is 4.98 Å². The van der Waals surface area contributed by atoms with E-state index >= 15 is 0 Å². The topological polar surface area (TPSA) is 83.0 Å². The average molecular weight is 327 g/mol. The Labute approximate surface area is 130 Å². The smallest absolute Gasteiger partial charge is 0.394 e. The van der Waals surface area contributed by atoms with Gasteiger partial charge in [-0.15, -0.1) is 0 Å². The molecule has 9 heteroatoms. The van der Waals surface area contributed by atoms with Crippen molar-refractivity contribution in [1.29, 1.82) is 0 Å². The van der Waals surface area contributed by atoms with Crippen molar-refractivity contribution in [3.8, 4) is 0 Å². The Balaban J connectivity index is 2.21. The molecule has 0 saturated carbocycles. The number of aliphatic hydroxyl groups excluding tert-OH is 1. The third kappa shape index (κ3) is 5.06. The van der Waals surface area contributed by atoms with Crippen molar-refractivity contribution < 1.29 is 18.3 Å². The van der Waals surface area contributed by atoms with Gasteiger partial charge in [0.1, 0.15) is 5.82 Å². The molecule has 0 aliphatic heterocycles. The first kappa shape index (κ1) is 16.9. The molecule has 0 aliphatic rings. The normalized spacial score (nSPS) is 12.7. The van der Waals surface area contributed by atoms with Crippen molar-refractivity contribution in [1.82, 2.24) is 15.0 Å². The molecular weight excluding hydrogens is 311 g/mol. The van der Waals surface area contributed by atoms with E-state index in [0.29, 0.717) is 0 Å². The zero-order valence-electron chi connectivity index (χ0n) is 12.3. The number of halogens is 3. The highest BCUT2D eigenvalue weighted by atomic mass is 19.4. The Morgan fingerprint density at radius 3 is 2.70 bits per heavy atom. The molecule has 2 heterocycles. The van der Waals surface area contributed by atoms with Gasteiger partial charge in [0.05, 0.1) is 6.61 Å². The summed E-state index contributed by atoms with van der Waals surface area (Å²) >= 11 is 0. The van der Waals surface area contributed by atoms with Crippen molar-refractivity contribution in [2.24, 2.45) is 0 Å². The summed E-state index contributed by atoms with van der Waals surface area (Å²) in [5, 5.41) is 14.4. The Hall–Kier alpha value is -2.42. The number of aliphatic hydroxyl groups is 1. The molecule has 0 saturated heterocycles. The molecule has 0 aliphatic carbocycles. The van der Waals surface area contributed by atoms with Crippen molar-refractivity contribution >= 4 is 11.8 Å². The lowest BCUT2D eigenvalue weighted by atomic mass is 10.3. The molecule has 2 aromatic heterocycles. The maximum absolute atomic E-state index is 12.9. The Morgan fingerprint density at radius 2 is 2.09 bits per heavy atom. The first-order chi connectivity index (χ1) is 10.9. The first-order valence-electron chi connectivity index (χ1n) is 6.85. The van der Waals surface area contributed by atoms with Crippen LogP contribution < -0.4 is 10.6 Å². The lowest BCUT2D eigenvalue weighted by Crippen LogP contribution is -2.22. The molecule has 2 aromatic rings.